The topological polar surface area (TPSA) is 79.9 Å². The van der Waals surface area contributed by atoms with Crippen molar-refractivity contribution in [1.29, 1.82) is 5.26 Å². The SMILES string of the molecule is COC(=O)C1(c2c(C#N)nn(-c3c(Cl)cc(S(F)(F)(F)(F)F)cc3Cl)c2NCc2c(F)cccc2F)CC1. The van der Waals surface area contributed by atoms with Gasteiger partial charge in [0.1, 0.15) is 34.1 Å². The third-order valence-corrected chi connectivity index (χ3v) is 7.64. The number of benzene rings is 2. The Morgan fingerprint density at radius 2 is 1.71 bits per heavy atom. The Bertz CT molecular complexity index is 1490. The van der Waals surface area contributed by atoms with Gasteiger partial charge in [0, 0.05) is 12.1 Å². The van der Waals surface area contributed by atoms with Crippen LogP contribution in [0.2, 0.25) is 10.0 Å². The average molecular weight is 603 g/mol. The van der Waals surface area contributed by atoms with E-state index in [1.165, 1.54) is 0 Å². The van der Waals surface area contributed by atoms with Gasteiger partial charge in [-0.3, -0.25) is 4.79 Å². The van der Waals surface area contributed by atoms with E-state index in [0.717, 1.165) is 30.0 Å². The summed E-state index contributed by atoms with van der Waals surface area (Å²) in [5.41, 5.74) is -2.93. The number of aromatic nitrogens is 2. The van der Waals surface area contributed by atoms with Crippen LogP contribution in [0.25, 0.3) is 5.69 Å². The molecule has 0 amide bonds. The molecule has 0 atom stereocenters. The van der Waals surface area contributed by atoms with Crippen LogP contribution in [-0.2, 0) is 21.5 Å². The van der Waals surface area contributed by atoms with Crippen molar-refractivity contribution in [1.82, 2.24) is 9.78 Å². The molecule has 1 aliphatic carbocycles. The van der Waals surface area contributed by atoms with Crippen LogP contribution in [0.4, 0.5) is 34.0 Å². The number of esters is 1. The van der Waals surface area contributed by atoms with E-state index in [0.29, 0.717) is 0 Å². The number of methoxy groups -OCH3 is 1. The fraction of sp³-hybridized carbons (Fsp3) is 0.227. The Morgan fingerprint density at radius 3 is 2.16 bits per heavy atom. The van der Waals surface area contributed by atoms with Crippen molar-refractivity contribution >= 4 is 45.2 Å². The molecule has 1 N–H and O–H groups in total. The third-order valence-electron chi connectivity index (χ3n) is 5.94. The number of halogens is 9. The van der Waals surface area contributed by atoms with Gasteiger partial charge in [-0.15, -0.1) is 0 Å². The molecule has 0 unspecified atom stereocenters. The predicted molar refractivity (Wildman–Crippen MR) is 126 cm³/mol. The normalized spacial score (nSPS) is 16.2. The van der Waals surface area contributed by atoms with E-state index in [2.05, 4.69) is 10.4 Å². The smallest absolute Gasteiger partial charge is 0.316 e. The molecule has 0 bridgehead atoms. The Balaban J connectivity index is 1.96. The second-order valence-electron chi connectivity index (χ2n) is 8.43. The number of ether oxygens (including phenoxy) is 1. The van der Waals surface area contributed by atoms with Crippen molar-refractivity contribution < 1.29 is 37.7 Å². The van der Waals surface area contributed by atoms with Crippen molar-refractivity contribution in [2.24, 2.45) is 0 Å². The molecule has 0 spiro atoms. The van der Waals surface area contributed by atoms with Gasteiger partial charge < -0.3 is 10.1 Å². The number of rotatable bonds is 7. The molecule has 6 nitrogen and oxygen atoms in total. The summed E-state index contributed by atoms with van der Waals surface area (Å²) in [4.78, 5) is 10.3. The van der Waals surface area contributed by atoms with Crippen LogP contribution in [-0.4, -0.2) is 22.9 Å². The molecule has 204 valence electrons. The lowest BCUT2D eigenvalue weighted by Gasteiger charge is -2.40. The minimum atomic E-state index is -10.2. The predicted octanol–water partition coefficient (Wildman–Crippen LogP) is 7.80. The molecule has 0 saturated heterocycles. The summed E-state index contributed by atoms with van der Waals surface area (Å²) < 4.78 is 101. The molecule has 1 aromatic heterocycles. The fourth-order valence-electron chi connectivity index (χ4n) is 3.99. The molecule has 16 heteroatoms. The summed E-state index contributed by atoms with van der Waals surface area (Å²) in [6, 6.07) is 4.72. The summed E-state index contributed by atoms with van der Waals surface area (Å²) in [5, 5.41) is 14.5. The van der Waals surface area contributed by atoms with Crippen molar-refractivity contribution in [2.75, 3.05) is 12.4 Å². The Labute approximate surface area is 220 Å². The number of nitrogens with one attached hydrogen (secondary N) is 1. The second kappa shape index (κ2) is 8.42. The van der Waals surface area contributed by atoms with Crippen LogP contribution in [0.15, 0.2) is 35.2 Å². The number of carbonyl (C=O) groups excluding carboxylic acids is 1. The van der Waals surface area contributed by atoms with Crippen molar-refractivity contribution in [2.45, 2.75) is 29.7 Å². The van der Waals surface area contributed by atoms with E-state index in [-0.39, 0.29) is 36.4 Å². The largest absolute Gasteiger partial charge is 0.468 e. The minimum absolute atomic E-state index is 0.0504. The lowest BCUT2D eigenvalue weighted by molar-refractivity contribution is -0.143. The zero-order chi connectivity index (χ0) is 28.3. The molecular weight excluding hydrogens is 588 g/mol. The van der Waals surface area contributed by atoms with Crippen LogP contribution in [0.3, 0.4) is 0 Å². The standard InChI is InChI=1S/C22H15Cl2F7N4O2S/c1-37-21(36)22(5-6-22)18-17(9-32)34-35(20(18)33-10-12-15(25)3-2-4-16(12)26)19-13(23)7-11(8-14(19)24)38(27,28,29,30)31/h2-4,7-8,33H,5-6,10H2,1H3. The van der Waals surface area contributed by atoms with Gasteiger partial charge in [-0.1, -0.05) is 48.7 Å². The van der Waals surface area contributed by atoms with Crippen LogP contribution < -0.4 is 5.32 Å². The number of nitrogens with zero attached hydrogens (tertiary/aromatic N) is 3. The van der Waals surface area contributed by atoms with Gasteiger partial charge in [-0.2, -0.15) is 10.4 Å². The number of hydrogen-bond acceptors (Lipinski definition) is 5. The molecule has 0 aliphatic heterocycles. The molecule has 4 rings (SSSR count). The third kappa shape index (κ3) is 4.85. The summed E-state index contributed by atoms with van der Waals surface area (Å²) in [5.74, 6) is -2.95. The molecular formula is C22H15Cl2F7N4O2S. The molecule has 38 heavy (non-hydrogen) atoms. The number of hydrogen-bond donors (Lipinski definition) is 1. The lowest BCUT2D eigenvalue weighted by Crippen LogP contribution is -2.24. The highest BCUT2D eigenvalue weighted by molar-refractivity contribution is 8.45. The van der Waals surface area contributed by atoms with E-state index in [4.69, 9.17) is 27.9 Å². The molecule has 1 aliphatic rings. The first-order valence-corrected chi connectivity index (χ1v) is 13.2. The van der Waals surface area contributed by atoms with Crippen LogP contribution >= 0.6 is 33.4 Å². The number of nitriles is 1. The van der Waals surface area contributed by atoms with Crippen LogP contribution in [0, 0.1) is 23.0 Å². The van der Waals surface area contributed by atoms with Gasteiger partial charge >= 0.3 is 16.2 Å². The fourth-order valence-corrected chi connectivity index (χ4v) is 5.45. The van der Waals surface area contributed by atoms with E-state index in [9.17, 15) is 38.3 Å². The van der Waals surface area contributed by atoms with Gasteiger partial charge in [0.15, 0.2) is 5.69 Å². The quantitative estimate of drug-likeness (QED) is 0.220. The zero-order valence-electron chi connectivity index (χ0n) is 19.0. The van der Waals surface area contributed by atoms with Crippen LogP contribution in [0.5, 0.6) is 0 Å². The molecule has 1 heterocycles. The maximum Gasteiger partial charge on any atom is 0.316 e. The lowest BCUT2D eigenvalue weighted by atomic mass is 9.95. The van der Waals surface area contributed by atoms with Crippen molar-refractivity contribution in [3.63, 3.8) is 0 Å². The van der Waals surface area contributed by atoms with Crippen molar-refractivity contribution in [3.05, 3.63) is 68.8 Å². The zero-order valence-corrected chi connectivity index (χ0v) is 21.3. The Kier molecular flexibility index (Phi) is 6.18. The molecule has 1 fully saturated rings. The first kappa shape index (κ1) is 27.9. The van der Waals surface area contributed by atoms with E-state index in [1.54, 1.807) is 6.07 Å². The number of anilines is 1. The highest BCUT2D eigenvalue weighted by atomic mass is 35.5. The number of carbonyl (C=O) groups is 1. The monoisotopic (exact) mass is 602 g/mol. The van der Waals surface area contributed by atoms with Gasteiger partial charge in [-0.05, 0) is 37.1 Å². The maximum atomic E-state index is 14.3. The Morgan fingerprint density at radius 1 is 1.16 bits per heavy atom. The maximum absolute atomic E-state index is 14.3. The van der Waals surface area contributed by atoms with Crippen molar-refractivity contribution in [3.8, 4) is 11.8 Å². The Hall–Kier alpha value is -3.15. The summed E-state index contributed by atoms with van der Waals surface area (Å²) >= 11 is 12.0. The highest BCUT2D eigenvalue weighted by Crippen LogP contribution is 3.02. The van der Waals surface area contributed by atoms with E-state index >= 15 is 0 Å². The molecule has 0 radical (unpaired) electrons. The molecule has 2 aromatic carbocycles. The van der Waals surface area contributed by atoms with E-state index < -0.39 is 71.7 Å². The average Bonchev–Trinajstić information content (AvgIpc) is 3.52. The second-order valence-corrected chi connectivity index (χ2v) is 11.7. The van der Waals surface area contributed by atoms with Gasteiger partial charge in [-0.25, -0.2) is 13.5 Å². The first-order valence-electron chi connectivity index (χ1n) is 10.5. The van der Waals surface area contributed by atoms with Gasteiger partial charge in [0.2, 0.25) is 0 Å². The molecule has 3 aromatic rings. The first-order chi connectivity index (χ1) is 17.4. The van der Waals surface area contributed by atoms with Gasteiger partial charge in [0.25, 0.3) is 0 Å². The van der Waals surface area contributed by atoms with Crippen LogP contribution in [0.1, 0.15) is 29.7 Å². The summed E-state index contributed by atoms with van der Waals surface area (Å²) in [7, 11) is -9.10. The molecule has 1 saturated carbocycles. The summed E-state index contributed by atoms with van der Waals surface area (Å²) in [6.07, 6.45) is 0.348. The highest BCUT2D eigenvalue weighted by Gasteiger charge is 2.66. The van der Waals surface area contributed by atoms with Gasteiger partial charge in [0.05, 0.1) is 28.1 Å². The van der Waals surface area contributed by atoms with E-state index in [1.807, 2.05) is 0 Å². The minimum Gasteiger partial charge on any atom is -0.468 e. The summed E-state index contributed by atoms with van der Waals surface area (Å²) in [6.45, 7) is -0.585.